The van der Waals surface area contributed by atoms with E-state index in [-0.39, 0.29) is 5.43 Å². The molecule has 0 atom stereocenters. The minimum Gasteiger partial charge on any atom is -0.310 e. The number of pyridine rings is 3. The van der Waals surface area contributed by atoms with Crippen LogP contribution in [0.1, 0.15) is 58.3 Å². The van der Waals surface area contributed by atoms with Gasteiger partial charge in [-0.25, -0.2) is 9.97 Å². The van der Waals surface area contributed by atoms with Crippen molar-refractivity contribution in [2.45, 2.75) is 64.8 Å². The first-order chi connectivity index (χ1) is 12.3. The van der Waals surface area contributed by atoms with Crippen LogP contribution in [-0.2, 0) is 6.54 Å². The number of unbranched alkanes of at least 4 members (excludes halogenated alkanes) is 7. The molecule has 0 aromatic carbocycles. The normalized spacial score (nSPS) is 11.4. The monoisotopic (exact) mass is 337 g/mol. The van der Waals surface area contributed by atoms with Crippen LogP contribution < -0.4 is 5.43 Å². The molecule has 0 N–H and O–H groups in total. The van der Waals surface area contributed by atoms with Gasteiger partial charge < -0.3 is 4.57 Å². The van der Waals surface area contributed by atoms with Gasteiger partial charge in [0.25, 0.3) is 0 Å². The average Bonchev–Trinajstić information content (AvgIpc) is 2.66. The summed E-state index contributed by atoms with van der Waals surface area (Å²) >= 11 is 0. The van der Waals surface area contributed by atoms with Gasteiger partial charge in [0.05, 0.1) is 10.8 Å². The summed E-state index contributed by atoms with van der Waals surface area (Å²) in [7, 11) is 0. The lowest BCUT2D eigenvalue weighted by Crippen LogP contribution is -2.13. The topological polar surface area (TPSA) is 47.8 Å². The zero-order chi connectivity index (χ0) is 17.5. The van der Waals surface area contributed by atoms with Crippen molar-refractivity contribution in [1.82, 2.24) is 14.5 Å². The Balaban J connectivity index is 1.74. The van der Waals surface area contributed by atoms with Crippen molar-refractivity contribution in [3.63, 3.8) is 0 Å². The molecule has 3 rings (SSSR count). The molecule has 0 aliphatic heterocycles. The molecule has 3 aromatic rings. The second-order valence-electron chi connectivity index (χ2n) is 6.70. The van der Waals surface area contributed by atoms with E-state index in [0.717, 1.165) is 24.3 Å². The number of hydrogen-bond acceptors (Lipinski definition) is 3. The highest BCUT2D eigenvalue weighted by Crippen LogP contribution is 2.17. The summed E-state index contributed by atoms with van der Waals surface area (Å²) in [6, 6.07) is 7.38. The summed E-state index contributed by atoms with van der Waals surface area (Å²) in [5, 5.41) is 1.37. The summed E-state index contributed by atoms with van der Waals surface area (Å²) < 4.78 is 2.11. The van der Waals surface area contributed by atoms with Crippen molar-refractivity contribution in [3.05, 3.63) is 46.9 Å². The van der Waals surface area contributed by atoms with E-state index in [2.05, 4.69) is 21.5 Å². The predicted molar refractivity (Wildman–Crippen MR) is 104 cm³/mol. The molecule has 25 heavy (non-hydrogen) atoms. The van der Waals surface area contributed by atoms with E-state index >= 15 is 0 Å². The minimum atomic E-state index is 0.0263. The van der Waals surface area contributed by atoms with Crippen LogP contribution in [0.2, 0.25) is 0 Å². The van der Waals surface area contributed by atoms with Crippen molar-refractivity contribution < 1.29 is 0 Å². The smallest absolute Gasteiger partial charge is 0.200 e. The molecule has 0 unspecified atom stereocenters. The SMILES string of the molecule is CCCCCCCCCCn1c2ncccc2c(=O)c2cccnc21. The molecule has 0 radical (unpaired) electrons. The third-order valence-corrected chi connectivity index (χ3v) is 4.81. The number of aryl methyl sites for hydroxylation is 1. The summed E-state index contributed by atoms with van der Waals surface area (Å²) in [5.41, 5.74) is 1.53. The summed E-state index contributed by atoms with van der Waals surface area (Å²) in [6.07, 6.45) is 13.8. The number of fused-ring (bicyclic) bond motifs is 2. The molecule has 0 aliphatic rings. The maximum atomic E-state index is 12.6. The molecule has 0 saturated carbocycles. The highest BCUT2D eigenvalue weighted by atomic mass is 16.1. The molecule has 0 amide bonds. The molecule has 3 heterocycles. The molecule has 132 valence electrons. The number of nitrogens with zero attached hydrogens (tertiary/aromatic N) is 3. The summed E-state index contributed by atoms with van der Waals surface area (Å²) in [5.74, 6) is 0. The summed E-state index contributed by atoms with van der Waals surface area (Å²) in [6.45, 7) is 3.11. The number of rotatable bonds is 9. The first-order valence-electron chi connectivity index (χ1n) is 9.55. The van der Waals surface area contributed by atoms with Gasteiger partial charge in [0.15, 0.2) is 5.43 Å². The maximum absolute atomic E-state index is 12.6. The fourth-order valence-corrected chi connectivity index (χ4v) is 3.44. The van der Waals surface area contributed by atoms with E-state index in [0.29, 0.717) is 10.8 Å². The Morgan fingerprint density at radius 1 is 0.800 bits per heavy atom. The van der Waals surface area contributed by atoms with Gasteiger partial charge in [0.2, 0.25) is 0 Å². The predicted octanol–water partition coefficient (Wildman–Crippen LogP) is 5.09. The van der Waals surface area contributed by atoms with E-state index in [1.165, 1.54) is 44.9 Å². The van der Waals surface area contributed by atoms with Gasteiger partial charge in [-0.2, -0.15) is 0 Å². The van der Waals surface area contributed by atoms with E-state index in [4.69, 9.17) is 0 Å². The van der Waals surface area contributed by atoms with Crippen molar-refractivity contribution in [2.75, 3.05) is 0 Å². The van der Waals surface area contributed by atoms with Gasteiger partial charge in [-0.1, -0.05) is 51.9 Å². The number of hydrogen-bond donors (Lipinski definition) is 0. The molecular weight excluding hydrogens is 310 g/mol. The van der Waals surface area contributed by atoms with E-state index in [1.54, 1.807) is 12.4 Å². The lowest BCUT2D eigenvalue weighted by molar-refractivity contribution is 0.550. The largest absolute Gasteiger partial charge is 0.310 e. The Labute approximate surface area is 148 Å². The zero-order valence-corrected chi connectivity index (χ0v) is 15.1. The van der Waals surface area contributed by atoms with Crippen LogP contribution >= 0.6 is 0 Å². The Kier molecular flexibility index (Phi) is 6.15. The first-order valence-corrected chi connectivity index (χ1v) is 9.55. The molecule has 0 bridgehead atoms. The number of aromatic nitrogens is 3. The van der Waals surface area contributed by atoms with E-state index in [9.17, 15) is 4.79 Å². The van der Waals surface area contributed by atoms with Crippen molar-refractivity contribution in [2.24, 2.45) is 0 Å². The third kappa shape index (κ3) is 4.06. The van der Waals surface area contributed by atoms with E-state index < -0.39 is 0 Å². The third-order valence-electron chi connectivity index (χ3n) is 4.81. The van der Waals surface area contributed by atoms with Crippen molar-refractivity contribution >= 4 is 22.1 Å². The molecule has 4 nitrogen and oxygen atoms in total. The molecule has 4 heteroatoms. The van der Waals surface area contributed by atoms with Gasteiger partial charge in [-0.15, -0.1) is 0 Å². The van der Waals surface area contributed by atoms with Gasteiger partial charge in [0.1, 0.15) is 11.3 Å². The quantitative estimate of drug-likeness (QED) is 0.404. The highest BCUT2D eigenvalue weighted by molar-refractivity contribution is 5.89. The lowest BCUT2D eigenvalue weighted by atomic mass is 10.1. The van der Waals surface area contributed by atoms with Gasteiger partial charge in [-0.3, -0.25) is 4.79 Å². The van der Waals surface area contributed by atoms with Crippen LogP contribution in [-0.4, -0.2) is 14.5 Å². The van der Waals surface area contributed by atoms with Crippen LogP contribution in [0, 0.1) is 0 Å². The van der Waals surface area contributed by atoms with Gasteiger partial charge >= 0.3 is 0 Å². The highest BCUT2D eigenvalue weighted by Gasteiger charge is 2.11. The van der Waals surface area contributed by atoms with Crippen LogP contribution in [0.4, 0.5) is 0 Å². The standard InChI is InChI=1S/C21H27N3O/c1-2-3-4-5-6-7-8-9-16-24-20-17(12-10-14-22-20)19(25)18-13-11-15-23-21(18)24/h10-15H,2-9,16H2,1H3. The first kappa shape index (κ1) is 17.6. The fourth-order valence-electron chi connectivity index (χ4n) is 3.44. The molecular formula is C21H27N3O. The van der Waals surface area contributed by atoms with Crippen LogP contribution in [0.3, 0.4) is 0 Å². The van der Waals surface area contributed by atoms with Crippen LogP contribution in [0.5, 0.6) is 0 Å². The Bertz CT molecular complexity index is 825. The maximum Gasteiger partial charge on any atom is 0.200 e. The molecule has 0 aliphatic carbocycles. The Hall–Kier alpha value is -2.23. The second-order valence-corrected chi connectivity index (χ2v) is 6.70. The molecule has 3 aromatic heterocycles. The molecule has 0 fully saturated rings. The molecule has 0 saturated heterocycles. The van der Waals surface area contributed by atoms with Gasteiger partial charge in [-0.05, 0) is 30.7 Å². The Morgan fingerprint density at radius 3 is 1.88 bits per heavy atom. The summed E-state index contributed by atoms with van der Waals surface area (Å²) in [4.78, 5) is 21.6. The van der Waals surface area contributed by atoms with Gasteiger partial charge in [0, 0.05) is 18.9 Å². The van der Waals surface area contributed by atoms with Crippen LogP contribution in [0.25, 0.3) is 22.1 Å². The average molecular weight is 337 g/mol. The minimum absolute atomic E-state index is 0.0263. The van der Waals surface area contributed by atoms with Crippen molar-refractivity contribution in [1.29, 1.82) is 0 Å². The zero-order valence-electron chi connectivity index (χ0n) is 15.1. The van der Waals surface area contributed by atoms with Crippen molar-refractivity contribution in [3.8, 4) is 0 Å². The Morgan fingerprint density at radius 2 is 1.32 bits per heavy atom. The fraction of sp³-hybridized carbons (Fsp3) is 0.476. The lowest BCUT2D eigenvalue weighted by Gasteiger charge is -2.13. The second kappa shape index (κ2) is 8.75. The molecule has 0 spiro atoms. The van der Waals surface area contributed by atoms with Crippen LogP contribution in [0.15, 0.2) is 41.5 Å². The van der Waals surface area contributed by atoms with E-state index in [1.807, 2.05) is 24.3 Å².